The third-order valence-electron chi connectivity index (χ3n) is 4.67. The SMILES string of the molecule is CCOc1ccc(NC(=O)Cc2nnc(SCC(=O)Nc3ccccc3OCC)n2CC)cc1. The van der Waals surface area contributed by atoms with Gasteiger partial charge in [-0.15, -0.1) is 10.2 Å². The lowest BCUT2D eigenvalue weighted by atomic mass is 10.3. The number of amides is 2. The van der Waals surface area contributed by atoms with Crippen LogP contribution in [0.4, 0.5) is 11.4 Å². The first-order valence-corrected chi connectivity index (χ1v) is 12.1. The number of hydrogen-bond donors (Lipinski definition) is 2. The number of aromatic nitrogens is 3. The fourth-order valence-corrected chi connectivity index (χ4v) is 4.01. The molecule has 2 amide bonds. The van der Waals surface area contributed by atoms with Gasteiger partial charge in [0, 0.05) is 12.2 Å². The zero-order valence-corrected chi connectivity index (χ0v) is 20.4. The van der Waals surface area contributed by atoms with E-state index >= 15 is 0 Å². The highest BCUT2D eigenvalue weighted by atomic mass is 32.2. The van der Waals surface area contributed by atoms with Gasteiger partial charge in [0.25, 0.3) is 0 Å². The van der Waals surface area contributed by atoms with E-state index in [0.717, 1.165) is 5.75 Å². The van der Waals surface area contributed by atoms with Gasteiger partial charge >= 0.3 is 0 Å². The second kappa shape index (κ2) is 12.6. The van der Waals surface area contributed by atoms with Crippen LogP contribution in [0.5, 0.6) is 11.5 Å². The summed E-state index contributed by atoms with van der Waals surface area (Å²) in [5, 5.41) is 14.7. The van der Waals surface area contributed by atoms with Crippen LogP contribution in [0.2, 0.25) is 0 Å². The second-order valence-electron chi connectivity index (χ2n) is 7.09. The van der Waals surface area contributed by atoms with Crippen molar-refractivity contribution in [3.8, 4) is 11.5 Å². The summed E-state index contributed by atoms with van der Waals surface area (Å²) in [6.45, 7) is 7.43. The molecule has 1 heterocycles. The van der Waals surface area contributed by atoms with E-state index in [9.17, 15) is 9.59 Å². The van der Waals surface area contributed by atoms with Crippen LogP contribution in [-0.4, -0.2) is 45.5 Å². The van der Waals surface area contributed by atoms with E-state index in [0.29, 0.717) is 47.9 Å². The quantitative estimate of drug-likeness (QED) is 0.375. The summed E-state index contributed by atoms with van der Waals surface area (Å²) < 4.78 is 12.8. The van der Waals surface area contributed by atoms with Crippen molar-refractivity contribution in [2.24, 2.45) is 0 Å². The first-order valence-electron chi connectivity index (χ1n) is 11.1. The summed E-state index contributed by atoms with van der Waals surface area (Å²) in [4.78, 5) is 25.0. The Labute approximate surface area is 203 Å². The van der Waals surface area contributed by atoms with E-state index in [1.807, 2.05) is 43.5 Å². The molecule has 0 saturated carbocycles. The number of nitrogens with one attached hydrogen (secondary N) is 2. The minimum Gasteiger partial charge on any atom is -0.494 e. The van der Waals surface area contributed by atoms with Crippen LogP contribution in [0, 0.1) is 0 Å². The number of para-hydroxylation sites is 2. The second-order valence-corrected chi connectivity index (χ2v) is 8.03. The molecular formula is C24H29N5O4S. The molecule has 0 aliphatic heterocycles. The Morgan fingerprint density at radius 2 is 1.65 bits per heavy atom. The minimum absolute atomic E-state index is 0.0720. The van der Waals surface area contributed by atoms with Gasteiger partial charge in [-0.05, 0) is 57.2 Å². The van der Waals surface area contributed by atoms with E-state index in [1.54, 1.807) is 30.3 Å². The van der Waals surface area contributed by atoms with Crippen LogP contribution in [-0.2, 0) is 22.6 Å². The van der Waals surface area contributed by atoms with Crippen molar-refractivity contribution < 1.29 is 19.1 Å². The molecule has 34 heavy (non-hydrogen) atoms. The summed E-state index contributed by atoms with van der Waals surface area (Å²) in [5.74, 6) is 1.68. The molecule has 0 radical (unpaired) electrons. The molecule has 2 N–H and O–H groups in total. The Bertz CT molecular complexity index is 1100. The fraction of sp³-hybridized carbons (Fsp3) is 0.333. The van der Waals surface area contributed by atoms with Crippen LogP contribution in [0.3, 0.4) is 0 Å². The first kappa shape index (κ1) is 25.1. The van der Waals surface area contributed by atoms with E-state index < -0.39 is 0 Å². The van der Waals surface area contributed by atoms with Crippen LogP contribution in [0.15, 0.2) is 53.7 Å². The third-order valence-corrected chi connectivity index (χ3v) is 5.64. The van der Waals surface area contributed by atoms with Crippen molar-refractivity contribution >= 4 is 35.0 Å². The zero-order valence-electron chi connectivity index (χ0n) is 19.5. The molecule has 180 valence electrons. The molecule has 1 aromatic heterocycles. The summed E-state index contributed by atoms with van der Waals surface area (Å²) in [5.41, 5.74) is 1.30. The van der Waals surface area contributed by atoms with Crippen molar-refractivity contribution in [1.82, 2.24) is 14.8 Å². The van der Waals surface area contributed by atoms with Gasteiger partial charge in [-0.3, -0.25) is 9.59 Å². The Balaban J connectivity index is 1.56. The highest BCUT2D eigenvalue weighted by Crippen LogP contribution is 2.25. The number of anilines is 2. The van der Waals surface area contributed by atoms with Gasteiger partial charge in [-0.2, -0.15) is 0 Å². The van der Waals surface area contributed by atoms with Gasteiger partial charge in [0.2, 0.25) is 11.8 Å². The van der Waals surface area contributed by atoms with Crippen molar-refractivity contribution in [1.29, 1.82) is 0 Å². The predicted molar refractivity (Wildman–Crippen MR) is 133 cm³/mol. The molecule has 3 aromatic rings. The largest absolute Gasteiger partial charge is 0.494 e. The van der Waals surface area contributed by atoms with Crippen LogP contribution < -0.4 is 20.1 Å². The molecule has 0 unspecified atom stereocenters. The molecule has 9 nitrogen and oxygen atoms in total. The van der Waals surface area contributed by atoms with Gasteiger partial charge < -0.3 is 24.7 Å². The normalized spacial score (nSPS) is 10.6. The monoisotopic (exact) mass is 483 g/mol. The van der Waals surface area contributed by atoms with Gasteiger partial charge in [-0.1, -0.05) is 23.9 Å². The molecule has 0 aliphatic rings. The highest BCUT2D eigenvalue weighted by molar-refractivity contribution is 7.99. The summed E-state index contributed by atoms with van der Waals surface area (Å²) in [6.07, 6.45) is 0.0720. The number of hydrogen-bond acceptors (Lipinski definition) is 7. The lowest BCUT2D eigenvalue weighted by molar-refractivity contribution is -0.116. The average molecular weight is 484 g/mol. The number of carbonyl (C=O) groups excluding carboxylic acids is 2. The number of rotatable bonds is 12. The maximum Gasteiger partial charge on any atom is 0.234 e. The number of ether oxygens (including phenoxy) is 2. The molecule has 0 bridgehead atoms. The van der Waals surface area contributed by atoms with Gasteiger partial charge in [0.1, 0.15) is 17.3 Å². The van der Waals surface area contributed by atoms with Crippen molar-refractivity contribution in [3.63, 3.8) is 0 Å². The summed E-state index contributed by atoms with van der Waals surface area (Å²) in [6, 6.07) is 14.5. The van der Waals surface area contributed by atoms with E-state index in [4.69, 9.17) is 9.47 Å². The van der Waals surface area contributed by atoms with Gasteiger partial charge in [-0.25, -0.2) is 0 Å². The van der Waals surface area contributed by atoms with Crippen LogP contribution >= 0.6 is 11.8 Å². The lowest BCUT2D eigenvalue weighted by Crippen LogP contribution is -2.18. The molecule has 2 aromatic carbocycles. The van der Waals surface area contributed by atoms with Gasteiger partial charge in [0.15, 0.2) is 5.16 Å². The molecule has 0 spiro atoms. The molecule has 10 heteroatoms. The standard InChI is InChI=1S/C24H29N5O4S/c1-4-29-21(15-22(30)25-17-11-13-18(14-12-17)32-5-2)27-28-24(29)34-16-23(31)26-19-9-7-8-10-20(19)33-6-3/h7-14H,4-6,15-16H2,1-3H3,(H,25,30)(H,26,31). The highest BCUT2D eigenvalue weighted by Gasteiger charge is 2.16. The minimum atomic E-state index is -0.201. The van der Waals surface area contributed by atoms with Gasteiger partial charge in [0.05, 0.1) is 31.1 Å². The predicted octanol–water partition coefficient (Wildman–Crippen LogP) is 4.01. The third kappa shape index (κ3) is 6.98. The molecule has 0 saturated heterocycles. The molecule has 0 atom stereocenters. The summed E-state index contributed by atoms with van der Waals surface area (Å²) >= 11 is 1.27. The van der Waals surface area contributed by atoms with Crippen molar-refractivity contribution in [2.45, 2.75) is 38.9 Å². The van der Waals surface area contributed by atoms with Crippen LogP contribution in [0.25, 0.3) is 0 Å². The Morgan fingerprint density at radius 3 is 2.35 bits per heavy atom. The van der Waals surface area contributed by atoms with E-state index in [-0.39, 0.29) is 24.0 Å². The number of carbonyl (C=O) groups is 2. The van der Waals surface area contributed by atoms with Crippen molar-refractivity contribution in [2.75, 3.05) is 29.6 Å². The van der Waals surface area contributed by atoms with E-state index in [2.05, 4.69) is 20.8 Å². The van der Waals surface area contributed by atoms with Crippen molar-refractivity contribution in [3.05, 3.63) is 54.4 Å². The van der Waals surface area contributed by atoms with E-state index in [1.165, 1.54) is 11.8 Å². The maximum atomic E-state index is 12.5. The number of nitrogens with zero attached hydrogens (tertiary/aromatic N) is 3. The molecule has 0 aliphatic carbocycles. The maximum absolute atomic E-state index is 12.5. The summed E-state index contributed by atoms with van der Waals surface area (Å²) in [7, 11) is 0. The smallest absolute Gasteiger partial charge is 0.234 e. The number of thioether (sulfide) groups is 1. The Kier molecular flexibility index (Phi) is 9.33. The Morgan fingerprint density at radius 1 is 0.912 bits per heavy atom. The molecule has 3 rings (SSSR count). The lowest BCUT2D eigenvalue weighted by Gasteiger charge is -2.11. The number of benzene rings is 2. The molecule has 0 fully saturated rings. The Hall–Kier alpha value is -3.53. The molecular weight excluding hydrogens is 454 g/mol. The first-order chi connectivity index (χ1) is 16.5. The average Bonchev–Trinajstić information content (AvgIpc) is 3.21. The fourth-order valence-electron chi connectivity index (χ4n) is 3.19. The topological polar surface area (TPSA) is 107 Å². The van der Waals surface area contributed by atoms with Crippen LogP contribution in [0.1, 0.15) is 26.6 Å². The zero-order chi connectivity index (χ0) is 24.3.